The van der Waals surface area contributed by atoms with Gasteiger partial charge in [0.2, 0.25) is 0 Å². The molecule has 2 aromatic carbocycles. The van der Waals surface area contributed by atoms with Gasteiger partial charge in [0.1, 0.15) is 11.6 Å². The van der Waals surface area contributed by atoms with Crippen LogP contribution in [0.15, 0.2) is 52.3 Å². The van der Waals surface area contributed by atoms with Gasteiger partial charge < -0.3 is 5.32 Å². The van der Waals surface area contributed by atoms with Crippen LogP contribution in [0.2, 0.25) is 0 Å². The number of halogens is 2. The van der Waals surface area contributed by atoms with Crippen molar-refractivity contribution in [3.63, 3.8) is 0 Å². The van der Waals surface area contributed by atoms with Gasteiger partial charge in [-0.3, -0.25) is 0 Å². The van der Waals surface area contributed by atoms with Crippen LogP contribution in [0.25, 0.3) is 0 Å². The van der Waals surface area contributed by atoms with Gasteiger partial charge in [0.25, 0.3) is 0 Å². The molecule has 0 aliphatic rings. The lowest BCUT2D eigenvalue weighted by Crippen LogP contribution is -2.18. The number of nitrogens with one attached hydrogen (secondary N) is 1. The summed E-state index contributed by atoms with van der Waals surface area (Å²) in [6, 6.07) is 11.4. The Kier molecular flexibility index (Phi) is 5.76. The first-order valence-electron chi connectivity index (χ1n) is 6.97. The van der Waals surface area contributed by atoms with Crippen molar-refractivity contribution in [3.8, 4) is 0 Å². The van der Waals surface area contributed by atoms with E-state index >= 15 is 0 Å². The number of benzene rings is 2. The van der Waals surface area contributed by atoms with Crippen LogP contribution >= 0.6 is 11.8 Å². The lowest BCUT2D eigenvalue weighted by Gasteiger charge is -2.08. The highest BCUT2D eigenvalue weighted by Crippen LogP contribution is 2.30. The topological polar surface area (TPSA) is 12.0 Å². The first-order valence-corrected chi connectivity index (χ1v) is 7.79. The lowest BCUT2D eigenvalue weighted by atomic mass is 10.2. The van der Waals surface area contributed by atoms with E-state index in [2.05, 4.69) is 19.2 Å². The molecule has 0 fully saturated rings. The highest BCUT2D eigenvalue weighted by molar-refractivity contribution is 7.99. The van der Waals surface area contributed by atoms with Crippen LogP contribution in [0, 0.1) is 17.6 Å². The van der Waals surface area contributed by atoms with Gasteiger partial charge in [-0.1, -0.05) is 37.7 Å². The number of rotatable bonds is 6. The third-order valence-corrected chi connectivity index (χ3v) is 3.97. The van der Waals surface area contributed by atoms with Crippen molar-refractivity contribution in [2.75, 3.05) is 6.54 Å². The van der Waals surface area contributed by atoms with Gasteiger partial charge in [0.05, 0.1) is 4.90 Å². The van der Waals surface area contributed by atoms with Crippen LogP contribution < -0.4 is 5.32 Å². The van der Waals surface area contributed by atoms with Gasteiger partial charge in [0.15, 0.2) is 0 Å². The third kappa shape index (κ3) is 5.14. The smallest absolute Gasteiger partial charge is 0.137 e. The summed E-state index contributed by atoms with van der Waals surface area (Å²) in [5.74, 6) is -0.201. The monoisotopic (exact) mass is 307 g/mol. The molecule has 4 heteroatoms. The van der Waals surface area contributed by atoms with E-state index < -0.39 is 11.6 Å². The van der Waals surface area contributed by atoms with Gasteiger partial charge in [-0.25, -0.2) is 8.78 Å². The predicted octanol–water partition coefficient (Wildman–Crippen LogP) is 4.86. The molecular weight excluding hydrogens is 288 g/mol. The second-order valence-electron chi connectivity index (χ2n) is 5.35. The van der Waals surface area contributed by atoms with E-state index in [-0.39, 0.29) is 0 Å². The fourth-order valence-corrected chi connectivity index (χ4v) is 2.73. The molecule has 0 saturated heterocycles. The van der Waals surface area contributed by atoms with Crippen molar-refractivity contribution in [1.29, 1.82) is 0 Å². The third-order valence-electron chi connectivity index (χ3n) is 2.93. The molecule has 2 aromatic rings. The lowest BCUT2D eigenvalue weighted by molar-refractivity contribution is 0.552. The minimum atomic E-state index is -0.423. The number of hydrogen-bond donors (Lipinski definition) is 1. The van der Waals surface area contributed by atoms with Crippen molar-refractivity contribution < 1.29 is 8.78 Å². The van der Waals surface area contributed by atoms with Gasteiger partial charge in [-0.05, 0) is 48.4 Å². The van der Waals surface area contributed by atoms with Crippen LogP contribution in [0.4, 0.5) is 8.78 Å². The first kappa shape index (κ1) is 16.0. The Morgan fingerprint density at radius 1 is 1.05 bits per heavy atom. The van der Waals surface area contributed by atoms with Crippen molar-refractivity contribution in [3.05, 3.63) is 59.7 Å². The normalized spacial score (nSPS) is 11.1. The van der Waals surface area contributed by atoms with E-state index in [1.54, 1.807) is 0 Å². The summed E-state index contributed by atoms with van der Waals surface area (Å²) in [6.07, 6.45) is 0. The molecule has 0 bridgehead atoms. The largest absolute Gasteiger partial charge is 0.312 e. The Morgan fingerprint density at radius 2 is 1.76 bits per heavy atom. The molecule has 2 rings (SSSR count). The molecule has 0 amide bonds. The maximum Gasteiger partial charge on any atom is 0.137 e. The first-order chi connectivity index (χ1) is 10.0. The standard InChI is InChI=1S/C17H19F2NS/c1-12(2)10-20-11-13-3-6-15(7-4-13)21-17-9-14(18)5-8-16(17)19/h3-9,12,20H,10-11H2,1-2H3. The number of hydrogen-bond acceptors (Lipinski definition) is 2. The molecule has 21 heavy (non-hydrogen) atoms. The van der Waals surface area contributed by atoms with Crippen LogP contribution in [0.3, 0.4) is 0 Å². The molecule has 0 atom stereocenters. The van der Waals surface area contributed by atoms with E-state index in [1.807, 2.05) is 24.3 Å². The highest BCUT2D eigenvalue weighted by Gasteiger charge is 2.06. The Labute approximate surface area is 128 Å². The summed E-state index contributed by atoms with van der Waals surface area (Å²) in [4.78, 5) is 1.20. The summed E-state index contributed by atoms with van der Waals surface area (Å²) in [5.41, 5.74) is 1.18. The molecule has 0 unspecified atom stereocenters. The van der Waals surface area contributed by atoms with Crippen molar-refractivity contribution >= 4 is 11.8 Å². The van der Waals surface area contributed by atoms with E-state index in [1.165, 1.54) is 23.4 Å². The minimum Gasteiger partial charge on any atom is -0.312 e. The summed E-state index contributed by atoms with van der Waals surface area (Å²) >= 11 is 1.23. The summed E-state index contributed by atoms with van der Waals surface area (Å²) in [5, 5.41) is 3.37. The maximum atomic E-state index is 13.6. The van der Waals surface area contributed by atoms with Crippen LogP contribution in [-0.4, -0.2) is 6.54 Å². The molecule has 1 N–H and O–H groups in total. The van der Waals surface area contributed by atoms with Gasteiger partial charge in [0, 0.05) is 11.4 Å². The molecule has 0 aromatic heterocycles. The zero-order chi connectivity index (χ0) is 15.2. The van der Waals surface area contributed by atoms with E-state index in [4.69, 9.17) is 0 Å². The second kappa shape index (κ2) is 7.57. The van der Waals surface area contributed by atoms with Crippen LogP contribution in [-0.2, 0) is 6.54 Å². The molecule has 0 aliphatic heterocycles. The van der Waals surface area contributed by atoms with Crippen LogP contribution in [0.5, 0.6) is 0 Å². The van der Waals surface area contributed by atoms with Crippen LogP contribution in [0.1, 0.15) is 19.4 Å². The molecule has 0 aliphatic carbocycles. The molecule has 0 saturated carbocycles. The Balaban J connectivity index is 1.97. The maximum absolute atomic E-state index is 13.6. The zero-order valence-electron chi connectivity index (χ0n) is 12.2. The van der Waals surface area contributed by atoms with Gasteiger partial charge >= 0.3 is 0 Å². The van der Waals surface area contributed by atoms with Crippen molar-refractivity contribution in [1.82, 2.24) is 5.32 Å². The summed E-state index contributed by atoms with van der Waals surface area (Å²) in [6.45, 7) is 6.13. The quantitative estimate of drug-likeness (QED) is 0.818. The zero-order valence-corrected chi connectivity index (χ0v) is 13.0. The van der Waals surface area contributed by atoms with E-state index in [0.717, 1.165) is 30.1 Å². The van der Waals surface area contributed by atoms with Crippen molar-refractivity contribution in [2.24, 2.45) is 5.92 Å². The molecular formula is C17H19F2NS. The SMILES string of the molecule is CC(C)CNCc1ccc(Sc2cc(F)ccc2F)cc1. The molecule has 0 spiro atoms. The Bertz CT molecular complexity index is 582. The summed E-state index contributed by atoms with van der Waals surface area (Å²) < 4.78 is 26.7. The summed E-state index contributed by atoms with van der Waals surface area (Å²) in [7, 11) is 0. The average Bonchev–Trinajstić information content (AvgIpc) is 2.44. The van der Waals surface area contributed by atoms with Gasteiger partial charge in [-0.2, -0.15) is 0 Å². The van der Waals surface area contributed by atoms with Crippen molar-refractivity contribution in [2.45, 2.75) is 30.2 Å². The highest BCUT2D eigenvalue weighted by atomic mass is 32.2. The molecule has 0 radical (unpaired) electrons. The van der Waals surface area contributed by atoms with E-state index in [9.17, 15) is 8.78 Å². The molecule has 112 valence electrons. The predicted molar refractivity (Wildman–Crippen MR) is 83.5 cm³/mol. The second-order valence-corrected chi connectivity index (χ2v) is 6.46. The molecule has 1 nitrogen and oxygen atoms in total. The fourth-order valence-electron chi connectivity index (χ4n) is 1.86. The van der Waals surface area contributed by atoms with Gasteiger partial charge in [-0.15, -0.1) is 0 Å². The average molecular weight is 307 g/mol. The minimum absolute atomic E-state index is 0.306. The molecule has 0 heterocycles. The van der Waals surface area contributed by atoms with E-state index in [0.29, 0.717) is 10.8 Å². The fraction of sp³-hybridized carbons (Fsp3) is 0.294. The Morgan fingerprint density at radius 3 is 2.43 bits per heavy atom. The Hall–Kier alpha value is -1.39.